The number of fused-ring (bicyclic) bond motifs is 2. The second kappa shape index (κ2) is 9.79. The fourth-order valence-electron chi connectivity index (χ4n) is 4.74. The van der Waals surface area contributed by atoms with Gasteiger partial charge in [0.15, 0.2) is 0 Å². The Hall–Kier alpha value is -2.85. The van der Waals surface area contributed by atoms with Crippen LogP contribution < -0.4 is 15.4 Å². The van der Waals surface area contributed by atoms with Crippen LogP contribution in [0.5, 0.6) is 0 Å². The minimum Gasteiger partial charge on any atom is -0.588 e. The molecule has 1 saturated carbocycles. The molecule has 1 saturated heterocycles. The molecule has 3 aliphatic rings. The highest BCUT2D eigenvalue weighted by Gasteiger charge is 2.62. The maximum absolute atomic E-state index is 13.3. The number of hydrogen-bond donors (Lipinski definition) is 3. The van der Waals surface area contributed by atoms with E-state index in [0.29, 0.717) is 44.3 Å². The lowest BCUT2D eigenvalue weighted by Crippen LogP contribution is -2.56. The topological polar surface area (TPSA) is 131 Å². The van der Waals surface area contributed by atoms with Crippen LogP contribution in [0.1, 0.15) is 46.0 Å². The quantitative estimate of drug-likeness (QED) is 0.432. The van der Waals surface area contributed by atoms with Gasteiger partial charge in [-0.3, -0.25) is 19.2 Å². The minimum absolute atomic E-state index is 0.176. The van der Waals surface area contributed by atoms with Crippen LogP contribution in [0, 0.1) is 11.8 Å². The van der Waals surface area contributed by atoms with Crippen LogP contribution in [0.15, 0.2) is 41.3 Å². The summed E-state index contributed by atoms with van der Waals surface area (Å²) >= 11 is -1.94. The third-order valence-corrected chi connectivity index (χ3v) is 7.80. The van der Waals surface area contributed by atoms with Crippen LogP contribution in [0.4, 0.5) is 5.69 Å². The molecule has 5 atom stereocenters. The molecule has 9 nitrogen and oxygen atoms in total. The van der Waals surface area contributed by atoms with Crippen molar-refractivity contribution in [3.05, 3.63) is 36.4 Å². The Bertz CT molecular complexity index is 1030. The van der Waals surface area contributed by atoms with Crippen LogP contribution in [-0.2, 0) is 30.5 Å². The molecule has 3 N–H and O–H groups in total. The van der Waals surface area contributed by atoms with Crippen LogP contribution in [0.3, 0.4) is 0 Å². The van der Waals surface area contributed by atoms with Crippen LogP contribution in [0.25, 0.3) is 0 Å². The van der Waals surface area contributed by atoms with E-state index in [0.717, 1.165) is 0 Å². The minimum atomic E-state index is -1.94. The smallest absolute Gasteiger partial charge is 0.287 e. The van der Waals surface area contributed by atoms with Gasteiger partial charge in [0, 0.05) is 25.8 Å². The first-order chi connectivity index (χ1) is 16.2. The largest absolute Gasteiger partial charge is 0.588 e. The molecule has 10 heteroatoms. The number of para-hydroxylation sites is 1. The molecule has 1 aromatic rings. The van der Waals surface area contributed by atoms with Crippen molar-refractivity contribution in [2.75, 3.05) is 11.9 Å². The average Bonchev–Trinajstić information content (AvgIpc) is 3.33. The van der Waals surface area contributed by atoms with Gasteiger partial charge in [0.2, 0.25) is 22.6 Å². The van der Waals surface area contributed by atoms with E-state index >= 15 is 0 Å². The molecule has 0 aromatic heterocycles. The fraction of sp³-hybridized carbons (Fsp3) is 0.500. The molecule has 34 heavy (non-hydrogen) atoms. The number of hydrogen-bond acceptors (Lipinski definition) is 5. The molecule has 0 spiro atoms. The fourth-order valence-corrected chi connectivity index (χ4v) is 5.72. The Balaban J connectivity index is 1.58. The van der Waals surface area contributed by atoms with Gasteiger partial charge in [0.25, 0.3) is 5.91 Å². The highest BCUT2D eigenvalue weighted by molar-refractivity contribution is 7.90. The van der Waals surface area contributed by atoms with E-state index < -0.39 is 28.8 Å². The summed E-state index contributed by atoms with van der Waals surface area (Å²) < 4.78 is 15.6. The van der Waals surface area contributed by atoms with Crippen LogP contribution in [0.2, 0.25) is 0 Å². The summed E-state index contributed by atoms with van der Waals surface area (Å²) in [5, 5.41) is 5.66. The Morgan fingerprint density at radius 3 is 2.79 bits per heavy atom. The highest BCUT2D eigenvalue weighted by atomic mass is 32.2. The average molecular weight is 487 g/mol. The van der Waals surface area contributed by atoms with E-state index in [9.17, 15) is 23.7 Å². The maximum atomic E-state index is 13.3. The second-order valence-electron chi connectivity index (χ2n) is 9.36. The zero-order valence-corrected chi connectivity index (χ0v) is 20.2. The number of amides is 4. The third-order valence-electron chi connectivity index (χ3n) is 6.67. The number of rotatable bonds is 2. The lowest BCUT2D eigenvalue weighted by atomic mass is 10.1. The third kappa shape index (κ3) is 4.97. The monoisotopic (exact) mass is 486 g/mol. The van der Waals surface area contributed by atoms with Gasteiger partial charge in [-0.1, -0.05) is 31.2 Å². The Kier molecular flexibility index (Phi) is 6.99. The van der Waals surface area contributed by atoms with Crippen molar-refractivity contribution in [2.24, 2.45) is 11.8 Å². The van der Waals surface area contributed by atoms with Gasteiger partial charge < -0.3 is 20.1 Å². The highest BCUT2D eigenvalue weighted by Crippen LogP contribution is 2.46. The van der Waals surface area contributed by atoms with Crippen molar-refractivity contribution < 1.29 is 23.7 Å². The predicted molar refractivity (Wildman–Crippen MR) is 127 cm³/mol. The number of nitrogens with zero attached hydrogens (tertiary/aromatic N) is 1. The van der Waals surface area contributed by atoms with E-state index in [1.54, 1.807) is 29.2 Å². The SMILES string of the molecule is CC(=O)N1C[C@@H](C)CC1C(=O)N[C@@]12C[C@H]1/C=C/CCCC(=O)Nc1ccccc1[S+]([O-])NC2=O. The molecule has 0 bridgehead atoms. The molecule has 182 valence electrons. The van der Waals surface area contributed by atoms with Gasteiger partial charge in [-0.25, -0.2) is 0 Å². The number of anilines is 1. The zero-order valence-electron chi connectivity index (χ0n) is 19.3. The predicted octanol–water partition coefficient (Wildman–Crippen LogP) is 1.64. The number of benzene rings is 1. The summed E-state index contributed by atoms with van der Waals surface area (Å²) in [6, 6.07) is 5.98. The van der Waals surface area contributed by atoms with E-state index in [4.69, 9.17) is 0 Å². The molecule has 1 aliphatic carbocycles. The first kappa shape index (κ1) is 24.3. The maximum Gasteiger partial charge on any atom is 0.287 e. The van der Waals surface area contributed by atoms with E-state index in [-0.39, 0.29) is 34.5 Å². The summed E-state index contributed by atoms with van der Waals surface area (Å²) in [7, 11) is 0. The summed E-state index contributed by atoms with van der Waals surface area (Å²) in [6.45, 7) is 3.92. The first-order valence-corrected chi connectivity index (χ1v) is 12.7. The van der Waals surface area contributed by atoms with Crippen molar-refractivity contribution in [1.82, 2.24) is 14.9 Å². The molecule has 4 rings (SSSR count). The first-order valence-electron chi connectivity index (χ1n) is 11.6. The Labute approximate surface area is 202 Å². The molecule has 2 fully saturated rings. The normalized spacial score (nSPS) is 32.4. The molecular formula is C24H30N4O5S. The molecule has 0 radical (unpaired) electrons. The van der Waals surface area contributed by atoms with E-state index in [2.05, 4.69) is 15.4 Å². The van der Waals surface area contributed by atoms with Crippen molar-refractivity contribution in [1.29, 1.82) is 0 Å². The molecule has 2 unspecified atom stereocenters. The van der Waals surface area contributed by atoms with Crippen molar-refractivity contribution in [3.8, 4) is 0 Å². The molecular weight excluding hydrogens is 456 g/mol. The molecule has 2 aliphatic heterocycles. The van der Waals surface area contributed by atoms with Crippen molar-refractivity contribution >= 4 is 40.7 Å². The van der Waals surface area contributed by atoms with Crippen LogP contribution >= 0.6 is 0 Å². The Morgan fingerprint density at radius 2 is 2.03 bits per heavy atom. The van der Waals surface area contributed by atoms with Gasteiger partial charge in [0.1, 0.15) is 22.9 Å². The summed E-state index contributed by atoms with van der Waals surface area (Å²) in [5.41, 5.74) is -0.846. The van der Waals surface area contributed by atoms with Gasteiger partial charge in [-0.15, -0.1) is 0 Å². The zero-order chi connectivity index (χ0) is 24.5. The number of carbonyl (C=O) groups is 4. The number of allylic oxidation sites excluding steroid dienone is 1. The summed E-state index contributed by atoms with van der Waals surface area (Å²) in [6.07, 6.45) is 6.28. The summed E-state index contributed by atoms with van der Waals surface area (Å²) in [4.78, 5) is 52.7. The number of carbonyl (C=O) groups excluding carboxylic acids is 4. The van der Waals surface area contributed by atoms with E-state index in [1.165, 1.54) is 6.92 Å². The van der Waals surface area contributed by atoms with Gasteiger partial charge in [-0.2, -0.15) is 4.72 Å². The van der Waals surface area contributed by atoms with Gasteiger partial charge in [-0.05, 0) is 43.7 Å². The van der Waals surface area contributed by atoms with Crippen LogP contribution in [-0.4, -0.2) is 51.2 Å². The van der Waals surface area contributed by atoms with Gasteiger partial charge >= 0.3 is 0 Å². The lowest BCUT2D eigenvalue weighted by Gasteiger charge is -2.26. The number of likely N-dealkylation sites (tertiary alicyclic amines) is 1. The van der Waals surface area contributed by atoms with Gasteiger partial charge in [0.05, 0.1) is 5.69 Å². The Morgan fingerprint density at radius 1 is 1.26 bits per heavy atom. The standard InChI is InChI=1S/C24H30N4O5S/c1-15-12-19(28(14-15)16(2)29)22(31)26-24-13-17(24)8-4-3-5-11-21(30)25-18-9-6-7-10-20(18)34(33)27-23(24)32/h4,6-10,15,17,19H,3,5,11-14H2,1-2H3,(H,25,30)(H,26,31)(H,27,32)/b8-4+/t15-,17+,19?,24-,34?/m0/s1. The number of nitrogens with one attached hydrogen (secondary N) is 3. The second-order valence-corrected chi connectivity index (χ2v) is 10.5. The molecule has 2 heterocycles. The summed E-state index contributed by atoms with van der Waals surface area (Å²) in [5.74, 6) is -1.36. The van der Waals surface area contributed by atoms with Crippen molar-refractivity contribution in [3.63, 3.8) is 0 Å². The van der Waals surface area contributed by atoms with E-state index in [1.807, 2.05) is 19.1 Å². The molecule has 1 aromatic carbocycles. The lowest BCUT2D eigenvalue weighted by molar-refractivity contribution is -0.138. The van der Waals surface area contributed by atoms with Crippen molar-refractivity contribution in [2.45, 2.75) is 62.4 Å². The molecule has 4 amide bonds.